The summed E-state index contributed by atoms with van der Waals surface area (Å²) in [6.45, 7) is 5.98. The first-order valence-corrected chi connectivity index (χ1v) is 10.1. The van der Waals surface area contributed by atoms with E-state index < -0.39 is 11.6 Å². The predicted molar refractivity (Wildman–Crippen MR) is 113 cm³/mol. The zero-order valence-corrected chi connectivity index (χ0v) is 17.8. The van der Waals surface area contributed by atoms with Gasteiger partial charge in [-0.25, -0.2) is 13.5 Å². The molecule has 1 aliphatic heterocycles. The summed E-state index contributed by atoms with van der Waals surface area (Å²) in [4.78, 5) is 18.2. The highest BCUT2D eigenvalue weighted by Crippen LogP contribution is 2.28. The maximum atomic E-state index is 13.5. The molecule has 10 heteroatoms. The van der Waals surface area contributed by atoms with Crippen LogP contribution in [0.25, 0.3) is 5.69 Å². The Kier molecular flexibility index (Phi) is 6.31. The van der Waals surface area contributed by atoms with Crippen molar-refractivity contribution in [3.05, 3.63) is 59.4 Å². The molecule has 1 N–H and O–H groups in total. The Morgan fingerprint density at radius 3 is 2.56 bits per heavy atom. The highest BCUT2D eigenvalue weighted by Gasteiger charge is 2.18. The Morgan fingerprint density at radius 1 is 1.12 bits per heavy atom. The van der Waals surface area contributed by atoms with Gasteiger partial charge in [0.2, 0.25) is 5.95 Å². The van der Waals surface area contributed by atoms with Gasteiger partial charge >= 0.3 is 0 Å². The Bertz CT molecular complexity index is 1110. The summed E-state index contributed by atoms with van der Waals surface area (Å²) in [6.07, 6.45) is 1.36. The van der Waals surface area contributed by atoms with Gasteiger partial charge in [-0.1, -0.05) is 0 Å². The fraction of sp³-hybridized carbons (Fsp3) is 0.318. The van der Waals surface area contributed by atoms with Gasteiger partial charge in [-0.15, -0.1) is 5.10 Å². The number of hydrogen-bond donors (Lipinski definition) is 1. The quantitative estimate of drug-likeness (QED) is 0.631. The minimum atomic E-state index is -0.701. The van der Waals surface area contributed by atoms with Crippen molar-refractivity contribution in [1.82, 2.24) is 19.7 Å². The Morgan fingerprint density at radius 2 is 1.84 bits per heavy atom. The smallest absolute Gasteiger partial charge is 0.260 e. The van der Waals surface area contributed by atoms with Gasteiger partial charge in [-0.2, -0.15) is 4.98 Å². The molecule has 0 spiro atoms. The lowest BCUT2D eigenvalue weighted by atomic mass is 10.1. The van der Waals surface area contributed by atoms with E-state index >= 15 is 0 Å². The minimum Gasteiger partial charge on any atom is -0.484 e. The number of halogens is 2. The van der Waals surface area contributed by atoms with Crippen LogP contribution in [0.5, 0.6) is 5.75 Å². The van der Waals surface area contributed by atoms with Crippen LogP contribution in [0.15, 0.2) is 36.7 Å². The SMILES string of the molecule is Cc1cc(OCC(=O)N2CCOCC2)cc(Nc2ncn(-c3cc(F)cc(F)c3)n2)c1C. The minimum absolute atomic E-state index is 0.0695. The number of benzene rings is 2. The van der Waals surface area contributed by atoms with Gasteiger partial charge < -0.3 is 19.7 Å². The third kappa shape index (κ3) is 5.02. The number of ether oxygens (including phenoxy) is 2. The second-order valence-electron chi connectivity index (χ2n) is 7.46. The van der Waals surface area contributed by atoms with Crippen LogP contribution in [0, 0.1) is 25.5 Å². The number of carbonyl (C=O) groups excluding carboxylic acids is 1. The largest absolute Gasteiger partial charge is 0.484 e. The average molecular weight is 443 g/mol. The van der Waals surface area contributed by atoms with E-state index in [1.165, 1.54) is 11.0 Å². The second-order valence-corrected chi connectivity index (χ2v) is 7.46. The van der Waals surface area contributed by atoms with Gasteiger partial charge in [-0.05, 0) is 43.2 Å². The summed E-state index contributed by atoms with van der Waals surface area (Å²) in [6, 6.07) is 6.74. The number of anilines is 2. The first kappa shape index (κ1) is 21.7. The summed E-state index contributed by atoms with van der Waals surface area (Å²) in [5.74, 6) is -0.716. The molecule has 1 aromatic heterocycles. The van der Waals surface area contributed by atoms with Gasteiger partial charge in [0, 0.05) is 30.9 Å². The van der Waals surface area contributed by atoms with E-state index in [4.69, 9.17) is 9.47 Å². The summed E-state index contributed by atoms with van der Waals surface area (Å²) in [7, 11) is 0. The first-order valence-electron chi connectivity index (χ1n) is 10.1. The van der Waals surface area contributed by atoms with Crippen molar-refractivity contribution >= 4 is 17.5 Å². The number of amides is 1. The zero-order valence-electron chi connectivity index (χ0n) is 17.8. The lowest BCUT2D eigenvalue weighted by Crippen LogP contribution is -2.42. The van der Waals surface area contributed by atoms with E-state index in [1.807, 2.05) is 19.9 Å². The van der Waals surface area contributed by atoms with Crippen LogP contribution in [-0.2, 0) is 9.53 Å². The van der Waals surface area contributed by atoms with Gasteiger partial charge in [-0.3, -0.25) is 4.79 Å². The Balaban J connectivity index is 1.47. The number of aryl methyl sites for hydroxylation is 1. The maximum absolute atomic E-state index is 13.5. The van der Waals surface area contributed by atoms with Gasteiger partial charge in [0.15, 0.2) is 6.61 Å². The molecule has 8 nitrogen and oxygen atoms in total. The topological polar surface area (TPSA) is 81.5 Å². The molecular formula is C22H23F2N5O3. The van der Waals surface area contributed by atoms with E-state index in [0.29, 0.717) is 37.7 Å². The fourth-order valence-corrected chi connectivity index (χ4v) is 3.33. The van der Waals surface area contributed by atoms with Gasteiger partial charge in [0.1, 0.15) is 23.7 Å². The van der Waals surface area contributed by atoms with Crippen LogP contribution < -0.4 is 10.1 Å². The van der Waals surface area contributed by atoms with Crippen molar-refractivity contribution < 1.29 is 23.0 Å². The standard InChI is InChI=1S/C22H23F2N5O3/c1-14-7-19(32-12-21(30)28-3-5-31-6-4-28)11-20(15(14)2)26-22-25-13-29(27-22)18-9-16(23)8-17(24)10-18/h7-11,13H,3-6,12H2,1-2H3,(H,26,27). The molecule has 0 aliphatic carbocycles. The number of carbonyl (C=O) groups is 1. The molecule has 4 rings (SSSR count). The molecule has 0 atom stereocenters. The molecule has 168 valence electrons. The van der Waals surface area contributed by atoms with Gasteiger partial charge in [0.25, 0.3) is 5.91 Å². The molecule has 32 heavy (non-hydrogen) atoms. The van der Waals surface area contributed by atoms with Crippen molar-refractivity contribution in [2.24, 2.45) is 0 Å². The number of hydrogen-bond acceptors (Lipinski definition) is 6. The molecule has 1 saturated heterocycles. The lowest BCUT2D eigenvalue weighted by molar-refractivity contribution is -0.137. The Labute approximate surface area is 183 Å². The third-order valence-electron chi connectivity index (χ3n) is 5.22. The molecule has 1 amide bonds. The summed E-state index contributed by atoms with van der Waals surface area (Å²) in [5.41, 5.74) is 2.82. The second kappa shape index (κ2) is 9.31. The van der Waals surface area contributed by atoms with Crippen molar-refractivity contribution in [2.75, 3.05) is 38.2 Å². The van der Waals surface area contributed by atoms with Crippen LogP contribution in [-0.4, -0.2) is 58.5 Å². The van der Waals surface area contributed by atoms with E-state index in [1.54, 1.807) is 11.0 Å². The molecule has 0 unspecified atom stereocenters. The Hall–Kier alpha value is -3.53. The van der Waals surface area contributed by atoms with Crippen LogP contribution in [0.3, 0.4) is 0 Å². The molecule has 1 fully saturated rings. The summed E-state index contributed by atoms with van der Waals surface area (Å²) >= 11 is 0. The number of nitrogens with zero attached hydrogens (tertiary/aromatic N) is 4. The van der Waals surface area contributed by atoms with E-state index in [-0.39, 0.29) is 24.1 Å². The molecule has 2 aromatic carbocycles. The third-order valence-corrected chi connectivity index (χ3v) is 5.22. The van der Waals surface area contributed by atoms with Crippen molar-refractivity contribution in [2.45, 2.75) is 13.8 Å². The highest BCUT2D eigenvalue weighted by atomic mass is 19.1. The van der Waals surface area contributed by atoms with Crippen LogP contribution >= 0.6 is 0 Å². The fourth-order valence-electron chi connectivity index (χ4n) is 3.33. The molecule has 2 heterocycles. The molecule has 3 aromatic rings. The van der Waals surface area contributed by atoms with Crippen LogP contribution in [0.1, 0.15) is 11.1 Å². The number of rotatable bonds is 6. The summed E-state index contributed by atoms with van der Waals surface area (Å²) in [5, 5.41) is 7.34. The monoisotopic (exact) mass is 443 g/mol. The number of aromatic nitrogens is 3. The van der Waals surface area contributed by atoms with Crippen LogP contribution in [0.2, 0.25) is 0 Å². The molecular weight excluding hydrogens is 420 g/mol. The zero-order chi connectivity index (χ0) is 22.7. The predicted octanol–water partition coefficient (Wildman–Crippen LogP) is 3.14. The van der Waals surface area contributed by atoms with Crippen molar-refractivity contribution in [1.29, 1.82) is 0 Å². The lowest BCUT2D eigenvalue weighted by Gasteiger charge is -2.26. The van der Waals surface area contributed by atoms with Gasteiger partial charge in [0.05, 0.1) is 18.9 Å². The van der Waals surface area contributed by atoms with E-state index in [0.717, 1.165) is 29.3 Å². The molecule has 0 radical (unpaired) electrons. The molecule has 1 aliphatic rings. The number of nitrogens with one attached hydrogen (secondary N) is 1. The summed E-state index contributed by atoms with van der Waals surface area (Å²) < 4.78 is 39.3. The van der Waals surface area contributed by atoms with E-state index in [2.05, 4.69) is 15.4 Å². The normalized spacial score (nSPS) is 13.8. The average Bonchev–Trinajstić information content (AvgIpc) is 3.24. The van der Waals surface area contributed by atoms with Crippen molar-refractivity contribution in [3.63, 3.8) is 0 Å². The highest BCUT2D eigenvalue weighted by molar-refractivity contribution is 5.78. The van der Waals surface area contributed by atoms with Crippen molar-refractivity contribution in [3.8, 4) is 11.4 Å². The van der Waals surface area contributed by atoms with Crippen LogP contribution in [0.4, 0.5) is 20.4 Å². The maximum Gasteiger partial charge on any atom is 0.260 e. The number of morpholine rings is 1. The molecule has 0 saturated carbocycles. The first-order chi connectivity index (χ1) is 15.4. The molecule has 0 bridgehead atoms. The van der Waals surface area contributed by atoms with E-state index in [9.17, 15) is 13.6 Å².